The van der Waals surface area contributed by atoms with Crippen LogP contribution in [0.15, 0.2) is 48.1 Å². The van der Waals surface area contributed by atoms with Crippen LogP contribution in [-0.2, 0) is 14.4 Å². The minimum atomic E-state index is -1.56. The molecule has 1 aromatic carbocycles. The minimum Gasteiger partial charge on any atom is -0.479 e. The summed E-state index contributed by atoms with van der Waals surface area (Å²) in [6.07, 6.45) is 3.31. The van der Waals surface area contributed by atoms with Crippen molar-refractivity contribution in [3.8, 4) is 0 Å². The molecule has 6 rings (SSSR count). The first kappa shape index (κ1) is 24.1. The number of fused-ring (bicyclic) bond motifs is 7. The summed E-state index contributed by atoms with van der Waals surface area (Å²) in [6, 6.07) is 7.07. The number of ketones is 1. The maximum atomic E-state index is 15.7. The fourth-order valence-corrected chi connectivity index (χ4v) is 9.05. The fraction of sp³-hybridized carbons (Fsp3) is 0.571. The Kier molecular flexibility index (Phi) is 4.98. The van der Waals surface area contributed by atoms with Crippen molar-refractivity contribution in [2.75, 3.05) is 11.6 Å². The number of allylic oxidation sites excluding steroid dienone is 4. The Hall–Kier alpha value is -2.22. The number of nitrogens with zero attached hydrogens (tertiary/aromatic N) is 1. The Morgan fingerprint density at radius 2 is 1.89 bits per heavy atom. The van der Waals surface area contributed by atoms with Crippen LogP contribution >= 0.6 is 11.6 Å². The smallest absolute Gasteiger partial charge is 0.339 e. The summed E-state index contributed by atoms with van der Waals surface area (Å²) in [6.45, 7) is 6.26. The number of alkyl halides is 1. The van der Waals surface area contributed by atoms with E-state index in [1.807, 2.05) is 13.8 Å². The fourth-order valence-electron chi connectivity index (χ4n) is 8.92. The molecular formula is C28H31ClFNO5. The molecule has 2 N–H and O–H groups in total. The maximum absolute atomic E-state index is 15.7. The van der Waals surface area contributed by atoms with Gasteiger partial charge in [-0.2, -0.15) is 0 Å². The van der Waals surface area contributed by atoms with Gasteiger partial charge in [0.2, 0.25) is 5.60 Å². The number of carboxylic acid groups (broad SMARTS) is 1. The van der Waals surface area contributed by atoms with E-state index in [9.17, 15) is 19.8 Å². The summed E-state index contributed by atoms with van der Waals surface area (Å²) in [5.74, 6) is -2.24. The van der Waals surface area contributed by atoms with Crippen molar-refractivity contribution in [2.24, 2.45) is 34.0 Å². The van der Waals surface area contributed by atoms with E-state index >= 15 is 4.39 Å². The van der Waals surface area contributed by atoms with Crippen LogP contribution in [0, 0.1) is 34.0 Å². The third kappa shape index (κ3) is 2.74. The van der Waals surface area contributed by atoms with Crippen molar-refractivity contribution in [2.45, 2.75) is 57.9 Å². The highest BCUT2D eigenvalue weighted by atomic mass is 35.5. The molecule has 1 aliphatic heterocycles. The van der Waals surface area contributed by atoms with Crippen LogP contribution in [0.1, 0.15) is 40.0 Å². The molecule has 0 radical (unpaired) electrons. The van der Waals surface area contributed by atoms with Gasteiger partial charge in [0.25, 0.3) is 0 Å². The molecule has 0 spiro atoms. The summed E-state index contributed by atoms with van der Waals surface area (Å²) in [5, 5.41) is 24.6. The molecule has 4 aliphatic carbocycles. The standard InChI is InChI=1S/C28H31ClFNO5/c1-25-9-8-18(32)10-19(25)21(30)11-20-23(25)22(33)13-27(3)26(20,2)12-15-14-31(36-28(15,27)24(34)35)17-6-4-16(29)5-7-17/h4-10,15,20-23,33H,11-14H2,1-3H3,(H,34,35). The lowest BCUT2D eigenvalue weighted by Gasteiger charge is -2.64. The molecule has 6 nitrogen and oxygen atoms in total. The second-order valence-electron chi connectivity index (χ2n) is 12.0. The van der Waals surface area contributed by atoms with Crippen LogP contribution in [0.25, 0.3) is 0 Å². The quantitative estimate of drug-likeness (QED) is 0.590. The van der Waals surface area contributed by atoms with E-state index in [-0.39, 0.29) is 36.4 Å². The molecule has 36 heavy (non-hydrogen) atoms. The molecule has 0 amide bonds. The third-order valence-corrected chi connectivity index (χ3v) is 10.9. The van der Waals surface area contributed by atoms with Gasteiger partial charge in [0.15, 0.2) is 5.78 Å². The largest absolute Gasteiger partial charge is 0.479 e. The highest BCUT2D eigenvalue weighted by Gasteiger charge is 2.80. The second-order valence-corrected chi connectivity index (χ2v) is 12.5. The Morgan fingerprint density at radius 1 is 1.19 bits per heavy atom. The summed E-state index contributed by atoms with van der Waals surface area (Å²) < 4.78 is 15.7. The molecule has 1 heterocycles. The molecule has 192 valence electrons. The molecule has 0 aromatic heterocycles. The van der Waals surface area contributed by atoms with Gasteiger partial charge in [-0.05, 0) is 72.6 Å². The Labute approximate surface area is 214 Å². The Bertz CT molecular complexity index is 1220. The van der Waals surface area contributed by atoms with Crippen molar-refractivity contribution in [3.05, 3.63) is 53.1 Å². The molecule has 5 aliphatic rings. The van der Waals surface area contributed by atoms with E-state index in [2.05, 4.69) is 6.92 Å². The van der Waals surface area contributed by atoms with Crippen molar-refractivity contribution >= 4 is 29.0 Å². The molecular weight excluding hydrogens is 485 g/mol. The van der Waals surface area contributed by atoms with Crippen molar-refractivity contribution in [1.82, 2.24) is 0 Å². The number of carbonyl (C=O) groups is 2. The molecule has 1 aromatic rings. The van der Waals surface area contributed by atoms with E-state index in [0.717, 1.165) is 5.69 Å². The number of rotatable bonds is 2. The van der Waals surface area contributed by atoms with Crippen LogP contribution in [-0.4, -0.2) is 46.4 Å². The lowest BCUT2D eigenvalue weighted by atomic mass is 9.41. The number of carboxylic acids is 1. The Balaban J connectivity index is 1.44. The minimum absolute atomic E-state index is 0.152. The highest BCUT2D eigenvalue weighted by Crippen LogP contribution is 2.76. The monoisotopic (exact) mass is 515 g/mol. The van der Waals surface area contributed by atoms with Crippen LogP contribution in [0.2, 0.25) is 5.02 Å². The van der Waals surface area contributed by atoms with Gasteiger partial charge in [-0.1, -0.05) is 38.4 Å². The number of aliphatic hydroxyl groups is 1. The molecule has 8 heteroatoms. The normalized spacial score (nSPS) is 47.1. The molecule has 1 saturated heterocycles. The SMILES string of the molecule is CC12C=CC(=O)C=C1C(F)CC1C2C(O)CC2(C)C1(C)CC1CN(c3ccc(Cl)cc3)OC12C(=O)O. The molecule has 9 unspecified atom stereocenters. The van der Waals surface area contributed by atoms with Crippen LogP contribution in [0.4, 0.5) is 10.1 Å². The molecule has 3 saturated carbocycles. The van der Waals surface area contributed by atoms with E-state index in [1.165, 1.54) is 12.2 Å². The first-order valence-electron chi connectivity index (χ1n) is 12.6. The van der Waals surface area contributed by atoms with Gasteiger partial charge in [-0.25, -0.2) is 9.18 Å². The van der Waals surface area contributed by atoms with Crippen molar-refractivity contribution in [1.29, 1.82) is 0 Å². The average Bonchev–Trinajstić information content (AvgIpc) is 3.27. The summed E-state index contributed by atoms with van der Waals surface area (Å²) in [7, 11) is 0. The molecule has 4 fully saturated rings. The van der Waals surface area contributed by atoms with Crippen LogP contribution in [0.5, 0.6) is 0 Å². The van der Waals surface area contributed by atoms with E-state index in [1.54, 1.807) is 35.4 Å². The van der Waals surface area contributed by atoms with E-state index in [4.69, 9.17) is 16.4 Å². The van der Waals surface area contributed by atoms with Gasteiger partial charge in [0, 0.05) is 27.7 Å². The predicted octanol–water partition coefficient (Wildman–Crippen LogP) is 4.76. The van der Waals surface area contributed by atoms with Gasteiger partial charge in [-0.3, -0.25) is 14.7 Å². The number of carbonyl (C=O) groups excluding carboxylic acids is 1. The van der Waals surface area contributed by atoms with Crippen LogP contribution < -0.4 is 5.06 Å². The second kappa shape index (κ2) is 7.42. The number of halogens is 2. The third-order valence-electron chi connectivity index (χ3n) is 10.7. The number of anilines is 1. The zero-order valence-corrected chi connectivity index (χ0v) is 21.3. The zero-order chi connectivity index (χ0) is 25.8. The van der Waals surface area contributed by atoms with Gasteiger partial charge < -0.3 is 10.2 Å². The number of hydrogen-bond donors (Lipinski definition) is 2. The van der Waals surface area contributed by atoms with Gasteiger partial charge >= 0.3 is 5.97 Å². The Morgan fingerprint density at radius 3 is 2.56 bits per heavy atom. The number of aliphatic carboxylic acids is 1. The summed E-state index contributed by atoms with van der Waals surface area (Å²) in [5.41, 5.74) is -2.77. The van der Waals surface area contributed by atoms with E-state index < -0.39 is 40.1 Å². The summed E-state index contributed by atoms with van der Waals surface area (Å²) >= 11 is 6.04. The zero-order valence-electron chi connectivity index (χ0n) is 20.6. The predicted molar refractivity (Wildman–Crippen MR) is 132 cm³/mol. The lowest BCUT2D eigenvalue weighted by molar-refractivity contribution is -0.225. The topological polar surface area (TPSA) is 87.1 Å². The lowest BCUT2D eigenvalue weighted by Crippen LogP contribution is -2.67. The van der Waals surface area contributed by atoms with Crippen molar-refractivity contribution in [3.63, 3.8) is 0 Å². The first-order valence-corrected chi connectivity index (χ1v) is 13.0. The van der Waals surface area contributed by atoms with Crippen molar-refractivity contribution < 1.29 is 29.0 Å². The number of hydrogen-bond acceptors (Lipinski definition) is 5. The van der Waals surface area contributed by atoms with Gasteiger partial charge in [-0.15, -0.1) is 0 Å². The molecule has 0 bridgehead atoms. The average molecular weight is 516 g/mol. The van der Waals surface area contributed by atoms with Crippen LogP contribution in [0.3, 0.4) is 0 Å². The highest BCUT2D eigenvalue weighted by molar-refractivity contribution is 6.30. The molecule has 9 atom stereocenters. The number of benzene rings is 1. The number of aliphatic hydroxyl groups excluding tert-OH is 1. The number of hydroxylamine groups is 1. The van der Waals surface area contributed by atoms with Gasteiger partial charge in [0.1, 0.15) is 6.17 Å². The first-order chi connectivity index (χ1) is 16.9. The van der Waals surface area contributed by atoms with Gasteiger partial charge in [0.05, 0.1) is 18.3 Å². The summed E-state index contributed by atoms with van der Waals surface area (Å²) in [4.78, 5) is 31.6. The van der Waals surface area contributed by atoms with E-state index in [0.29, 0.717) is 23.6 Å². The maximum Gasteiger partial charge on any atom is 0.339 e.